The van der Waals surface area contributed by atoms with Crippen molar-refractivity contribution in [2.24, 2.45) is 0 Å². The van der Waals surface area contributed by atoms with Crippen molar-refractivity contribution in [2.45, 2.75) is 6.54 Å². The summed E-state index contributed by atoms with van der Waals surface area (Å²) in [4.78, 5) is 23.5. The van der Waals surface area contributed by atoms with Gasteiger partial charge in [0.2, 0.25) is 0 Å². The van der Waals surface area contributed by atoms with Crippen molar-refractivity contribution in [3.8, 4) is 11.8 Å². The lowest BCUT2D eigenvalue weighted by Gasteiger charge is -2.33. The van der Waals surface area contributed by atoms with Gasteiger partial charge in [0.15, 0.2) is 5.52 Å². The minimum atomic E-state index is -0.283. The molecule has 1 N–H and O–H groups in total. The third kappa shape index (κ3) is 3.99. The van der Waals surface area contributed by atoms with Crippen molar-refractivity contribution in [2.75, 3.05) is 38.1 Å². The van der Waals surface area contributed by atoms with E-state index in [1.807, 2.05) is 42.6 Å². The van der Waals surface area contributed by atoms with Gasteiger partial charge in [0.25, 0.3) is 5.56 Å². The smallest absolute Gasteiger partial charge is 0.284 e. The van der Waals surface area contributed by atoms with E-state index in [0.717, 1.165) is 48.6 Å². The Hall–Kier alpha value is -4.72. The second-order valence-corrected chi connectivity index (χ2v) is 10.5. The molecule has 10 nitrogen and oxygen atoms in total. The number of piperazine rings is 1. The number of hydrogen-bond acceptors (Lipinski definition) is 7. The minimum Gasteiger partial charge on any atom is -0.354 e. The number of aromatic amines is 1. The van der Waals surface area contributed by atoms with Crippen LogP contribution < -0.4 is 10.5 Å². The summed E-state index contributed by atoms with van der Waals surface area (Å²) in [6.07, 6.45) is 3.54. The highest BCUT2D eigenvalue weighted by Crippen LogP contribution is 2.31. The lowest BCUT2D eigenvalue weighted by molar-refractivity contribution is 0.312. The van der Waals surface area contributed by atoms with Crippen molar-refractivity contribution in [3.05, 3.63) is 87.6 Å². The topological polar surface area (TPSA) is 112 Å². The number of nitrogens with zero attached hydrogens (tertiary/aromatic N) is 8. The SMILES string of the molecule is CN1CCN(c2cccc(Cn3cc4c(n3)c(=O)n(-c3cccc5[nH]ncc35)c3cc(Cl)c(C#N)cc43)n2)CC1. The molecule has 7 rings (SSSR count). The molecule has 2 aromatic carbocycles. The van der Waals surface area contributed by atoms with Gasteiger partial charge in [0.05, 0.1) is 45.7 Å². The molecule has 198 valence electrons. The first kappa shape index (κ1) is 24.3. The molecular weight excluding hydrogens is 526 g/mol. The average molecular weight is 550 g/mol. The van der Waals surface area contributed by atoms with Crippen LogP contribution in [0, 0.1) is 11.3 Å². The Balaban J connectivity index is 1.38. The number of nitrogens with one attached hydrogen (secondary N) is 1. The van der Waals surface area contributed by atoms with Gasteiger partial charge in [-0.2, -0.15) is 15.5 Å². The van der Waals surface area contributed by atoms with E-state index in [1.54, 1.807) is 27.6 Å². The number of benzene rings is 2. The largest absolute Gasteiger partial charge is 0.354 e. The van der Waals surface area contributed by atoms with E-state index in [0.29, 0.717) is 39.6 Å². The number of pyridine rings is 2. The highest BCUT2D eigenvalue weighted by atomic mass is 35.5. The molecular formula is C29H24ClN9O. The van der Waals surface area contributed by atoms with Gasteiger partial charge in [-0.3, -0.25) is 19.1 Å². The summed E-state index contributed by atoms with van der Waals surface area (Å²) in [5, 5.41) is 24.0. The van der Waals surface area contributed by atoms with Gasteiger partial charge in [-0.1, -0.05) is 23.7 Å². The molecule has 1 aliphatic rings. The number of nitriles is 1. The summed E-state index contributed by atoms with van der Waals surface area (Å²) in [5.74, 6) is 0.941. The van der Waals surface area contributed by atoms with Crippen LogP contribution in [0.1, 0.15) is 11.3 Å². The van der Waals surface area contributed by atoms with Crippen LogP contribution in [0.2, 0.25) is 5.02 Å². The van der Waals surface area contributed by atoms with Gasteiger partial charge < -0.3 is 9.80 Å². The quantitative estimate of drug-likeness (QED) is 0.354. The second-order valence-electron chi connectivity index (χ2n) is 10.1. The van der Waals surface area contributed by atoms with Crippen molar-refractivity contribution < 1.29 is 0 Å². The van der Waals surface area contributed by atoms with Crippen LogP contribution in [0.4, 0.5) is 5.82 Å². The van der Waals surface area contributed by atoms with Crippen LogP contribution in [-0.2, 0) is 6.54 Å². The van der Waals surface area contributed by atoms with E-state index in [9.17, 15) is 10.1 Å². The molecule has 0 amide bonds. The number of anilines is 1. The van der Waals surface area contributed by atoms with E-state index < -0.39 is 0 Å². The van der Waals surface area contributed by atoms with Crippen LogP contribution in [-0.4, -0.2) is 67.7 Å². The summed E-state index contributed by atoms with van der Waals surface area (Å²) >= 11 is 6.47. The fourth-order valence-corrected chi connectivity index (χ4v) is 5.64. The molecule has 6 aromatic rings. The van der Waals surface area contributed by atoms with Gasteiger partial charge in [-0.25, -0.2) is 4.98 Å². The summed E-state index contributed by atoms with van der Waals surface area (Å²) in [6, 6.07) is 17.2. The number of H-pyrrole nitrogens is 1. The van der Waals surface area contributed by atoms with E-state index in [1.165, 1.54) is 0 Å². The average Bonchev–Trinajstić information content (AvgIpc) is 3.62. The van der Waals surface area contributed by atoms with Crippen LogP contribution in [0.3, 0.4) is 0 Å². The fourth-order valence-electron chi connectivity index (χ4n) is 5.44. The van der Waals surface area contributed by atoms with E-state index >= 15 is 0 Å². The number of hydrogen-bond donors (Lipinski definition) is 1. The van der Waals surface area contributed by atoms with Gasteiger partial charge >= 0.3 is 0 Å². The Labute approximate surface area is 233 Å². The first-order valence-corrected chi connectivity index (χ1v) is 13.4. The van der Waals surface area contributed by atoms with Crippen molar-refractivity contribution in [1.82, 2.24) is 34.4 Å². The Morgan fingerprint density at radius 1 is 1.05 bits per heavy atom. The molecule has 0 aliphatic carbocycles. The van der Waals surface area contributed by atoms with E-state index in [4.69, 9.17) is 21.7 Å². The lowest BCUT2D eigenvalue weighted by Crippen LogP contribution is -2.44. The summed E-state index contributed by atoms with van der Waals surface area (Å²) in [5.41, 5.74) is 3.23. The first-order chi connectivity index (χ1) is 19.5. The molecule has 1 aliphatic heterocycles. The van der Waals surface area contributed by atoms with Gasteiger partial charge in [0, 0.05) is 48.5 Å². The van der Waals surface area contributed by atoms with Crippen LogP contribution in [0.25, 0.3) is 38.4 Å². The third-order valence-corrected chi connectivity index (χ3v) is 7.86. The monoisotopic (exact) mass is 549 g/mol. The highest BCUT2D eigenvalue weighted by Gasteiger charge is 2.20. The number of halogens is 1. The molecule has 1 saturated heterocycles. The number of fused-ring (bicyclic) bond motifs is 4. The highest BCUT2D eigenvalue weighted by molar-refractivity contribution is 6.32. The van der Waals surface area contributed by atoms with Gasteiger partial charge in [-0.05, 0) is 43.4 Å². The zero-order chi connectivity index (χ0) is 27.4. The maximum absolute atomic E-state index is 14.0. The maximum Gasteiger partial charge on any atom is 0.284 e. The number of rotatable bonds is 4. The zero-order valence-corrected chi connectivity index (χ0v) is 22.4. The zero-order valence-electron chi connectivity index (χ0n) is 21.7. The molecule has 0 unspecified atom stereocenters. The van der Waals surface area contributed by atoms with Crippen molar-refractivity contribution in [1.29, 1.82) is 5.26 Å². The van der Waals surface area contributed by atoms with Gasteiger partial charge in [0.1, 0.15) is 11.9 Å². The van der Waals surface area contributed by atoms with E-state index in [-0.39, 0.29) is 10.6 Å². The summed E-state index contributed by atoms with van der Waals surface area (Å²) in [7, 11) is 2.13. The minimum absolute atomic E-state index is 0.277. The fraction of sp³-hybridized carbons (Fsp3) is 0.207. The lowest BCUT2D eigenvalue weighted by atomic mass is 10.1. The molecule has 4 aromatic heterocycles. The Kier molecular flexibility index (Phi) is 5.77. The third-order valence-electron chi connectivity index (χ3n) is 7.55. The molecule has 1 fully saturated rings. The number of aromatic nitrogens is 6. The van der Waals surface area contributed by atoms with Crippen LogP contribution in [0.5, 0.6) is 0 Å². The first-order valence-electron chi connectivity index (χ1n) is 13.0. The molecule has 11 heteroatoms. The normalized spacial score (nSPS) is 14.4. The molecule has 0 radical (unpaired) electrons. The summed E-state index contributed by atoms with van der Waals surface area (Å²) < 4.78 is 3.34. The predicted molar refractivity (Wildman–Crippen MR) is 155 cm³/mol. The predicted octanol–water partition coefficient (Wildman–Crippen LogP) is 3.94. The van der Waals surface area contributed by atoms with E-state index in [2.05, 4.69) is 33.1 Å². The Bertz CT molecular complexity index is 2030. The molecule has 5 heterocycles. The maximum atomic E-state index is 14.0. The Morgan fingerprint density at radius 3 is 2.70 bits per heavy atom. The second kappa shape index (κ2) is 9.48. The molecule has 0 saturated carbocycles. The molecule has 40 heavy (non-hydrogen) atoms. The standard InChI is InChI=1S/C29H24ClN9O/c1-36-8-10-37(11-9-36)27-7-2-4-19(33-27)16-38-17-22-20-12-18(14-31)23(30)13-26(20)39(29(40)28(22)35-38)25-6-3-5-24-21(25)15-32-34-24/h2-7,12-13,15,17H,8-11,16H2,1H3,(H,32,34). The molecule has 0 atom stereocenters. The van der Waals surface area contributed by atoms with Gasteiger partial charge in [-0.15, -0.1) is 0 Å². The Morgan fingerprint density at radius 2 is 1.88 bits per heavy atom. The van der Waals surface area contributed by atoms with Crippen molar-refractivity contribution in [3.63, 3.8) is 0 Å². The molecule has 0 bridgehead atoms. The summed E-state index contributed by atoms with van der Waals surface area (Å²) in [6.45, 7) is 4.25. The van der Waals surface area contributed by atoms with Crippen LogP contribution >= 0.6 is 11.6 Å². The number of likely N-dealkylation sites (N-methyl/N-ethyl adjacent to an activating group) is 1. The molecule has 0 spiro atoms. The van der Waals surface area contributed by atoms with Crippen LogP contribution in [0.15, 0.2) is 65.7 Å². The van der Waals surface area contributed by atoms with Crippen molar-refractivity contribution >= 4 is 50.1 Å².